The van der Waals surface area contributed by atoms with Crippen LogP contribution in [0.25, 0.3) is 0 Å². The normalized spacial score (nSPS) is 17.3. The standard InChI is InChI=1S/C11H9ClF3NO2/c12-6-2-1-3-7(8(6)9(17)18)16-10(4-5-10)11(13,14)15/h1-3,16H,4-5H2,(H,17,18). The van der Waals surface area contributed by atoms with Crippen LogP contribution in [0.4, 0.5) is 18.9 Å². The number of nitrogens with one attached hydrogen (secondary N) is 1. The number of halogens is 4. The molecule has 1 aromatic rings. The SMILES string of the molecule is O=C(O)c1c(Cl)cccc1NC1(C(F)(F)F)CC1. The molecular weight excluding hydrogens is 271 g/mol. The zero-order valence-corrected chi connectivity index (χ0v) is 9.77. The highest BCUT2D eigenvalue weighted by molar-refractivity contribution is 6.34. The minimum atomic E-state index is -4.41. The zero-order valence-electron chi connectivity index (χ0n) is 9.01. The zero-order chi connectivity index (χ0) is 13.6. The molecule has 0 amide bonds. The van der Waals surface area contributed by atoms with Crippen LogP contribution in [0.2, 0.25) is 5.02 Å². The van der Waals surface area contributed by atoms with Gasteiger partial charge in [-0.15, -0.1) is 0 Å². The summed E-state index contributed by atoms with van der Waals surface area (Å²) in [7, 11) is 0. The van der Waals surface area contributed by atoms with E-state index in [1.54, 1.807) is 0 Å². The summed E-state index contributed by atoms with van der Waals surface area (Å²) >= 11 is 5.69. The van der Waals surface area contributed by atoms with Crippen molar-refractivity contribution in [3.05, 3.63) is 28.8 Å². The Morgan fingerprint density at radius 3 is 2.44 bits per heavy atom. The summed E-state index contributed by atoms with van der Waals surface area (Å²) in [6, 6.07) is 4.01. The number of anilines is 1. The van der Waals surface area contributed by atoms with Gasteiger partial charge in [0.15, 0.2) is 0 Å². The predicted octanol–water partition coefficient (Wildman–Crippen LogP) is 3.55. The molecule has 0 aliphatic heterocycles. The van der Waals surface area contributed by atoms with E-state index in [1.165, 1.54) is 18.2 Å². The molecule has 0 radical (unpaired) electrons. The minimum Gasteiger partial charge on any atom is -0.478 e. The predicted molar refractivity (Wildman–Crippen MR) is 60.1 cm³/mol. The molecule has 0 heterocycles. The molecule has 0 spiro atoms. The average Bonchev–Trinajstić information content (AvgIpc) is 2.97. The fourth-order valence-electron chi connectivity index (χ4n) is 1.71. The van der Waals surface area contributed by atoms with Gasteiger partial charge in [0.05, 0.1) is 10.7 Å². The number of carboxylic acid groups (broad SMARTS) is 1. The second-order valence-corrected chi connectivity index (χ2v) is 4.58. The van der Waals surface area contributed by atoms with Crippen LogP contribution < -0.4 is 5.32 Å². The minimum absolute atomic E-state index is 0.0674. The van der Waals surface area contributed by atoms with Crippen molar-refractivity contribution in [2.24, 2.45) is 0 Å². The smallest absolute Gasteiger partial charge is 0.411 e. The van der Waals surface area contributed by atoms with Crippen molar-refractivity contribution in [2.75, 3.05) is 5.32 Å². The molecule has 0 atom stereocenters. The molecule has 18 heavy (non-hydrogen) atoms. The molecule has 7 heteroatoms. The molecule has 0 bridgehead atoms. The Hall–Kier alpha value is -1.43. The Morgan fingerprint density at radius 1 is 1.39 bits per heavy atom. The summed E-state index contributed by atoms with van der Waals surface area (Å²) in [6.07, 6.45) is -4.55. The van der Waals surface area contributed by atoms with E-state index in [1.807, 2.05) is 0 Å². The number of alkyl halides is 3. The van der Waals surface area contributed by atoms with Crippen LogP contribution in [0.5, 0.6) is 0 Å². The number of carboxylic acids is 1. The third-order valence-electron chi connectivity index (χ3n) is 2.89. The molecule has 1 saturated carbocycles. The highest BCUT2D eigenvalue weighted by atomic mass is 35.5. The quantitative estimate of drug-likeness (QED) is 0.890. The first-order valence-corrected chi connectivity index (χ1v) is 5.51. The topological polar surface area (TPSA) is 49.3 Å². The first-order valence-electron chi connectivity index (χ1n) is 5.13. The van der Waals surface area contributed by atoms with Gasteiger partial charge in [-0.2, -0.15) is 13.2 Å². The van der Waals surface area contributed by atoms with Gasteiger partial charge in [-0.25, -0.2) is 4.79 Å². The summed E-state index contributed by atoms with van der Waals surface area (Å²) in [5.41, 5.74) is -2.46. The first kappa shape index (κ1) is 13.0. The van der Waals surface area contributed by atoms with Crippen LogP contribution in [-0.2, 0) is 0 Å². The molecule has 98 valence electrons. The Balaban J connectivity index is 2.36. The molecule has 0 unspecified atom stereocenters. The van der Waals surface area contributed by atoms with Crippen molar-refractivity contribution in [1.29, 1.82) is 0 Å². The monoisotopic (exact) mass is 279 g/mol. The van der Waals surface area contributed by atoms with Crippen molar-refractivity contribution in [2.45, 2.75) is 24.6 Å². The first-order chi connectivity index (χ1) is 8.27. The largest absolute Gasteiger partial charge is 0.478 e. The lowest BCUT2D eigenvalue weighted by molar-refractivity contribution is -0.151. The summed E-state index contributed by atoms with van der Waals surface area (Å²) in [5, 5.41) is 11.1. The Bertz CT molecular complexity index is 498. The number of benzene rings is 1. The molecular formula is C11H9ClF3NO2. The number of rotatable bonds is 3. The number of aromatic carboxylic acids is 1. The van der Waals surface area contributed by atoms with Crippen LogP contribution in [0, 0.1) is 0 Å². The van der Waals surface area contributed by atoms with Gasteiger partial charge >= 0.3 is 12.1 Å². The van der Waals surface area contributed by atoms with Crippen LogP contribution in [-0.4, -0.2) is 22.8 Å². The van der Waals surface area contributed by atoms with Gasteiger partial charge < -0.3 is 10.4 Å². The van der Waals surface area contributed by atoms with E-state index in [2.05, 4.69) is 5.32 Å². The van der Waals surface area contributed by atoms with Crippen molar-refractivity contribution < 1.29 is 23.1 Å². The molecule has 1 aliphatic rings. The van der Waals surface area contributed by atoms with E-state index in [9.17, 15) is 18.0 Å². The molecule has 3 nitrogen and oxygen atoms in total. The average molecular weight is 280 g/mol. The summed E-state index contributed by atoms with van der Waals surface area (Å²) in [6.45, 7) is 0. The molecule has 0 aromatic heterocycles. The Labute approximate surface area is 106 Å². The van der Waals surface area contributed by atoms with Crippen LogP contribution >= 0.6 is 11.6 Å². The molecule has 1 aromatic carbocycles. The molecule has 2 rings (SSSR count). The maximum Gasteiger partial charge on any atom is 0.411 e. The lowest BCUT2D eigenvalue weighted by atomic mass is 10.1. The van der Waals surface area contributed by atoms with Gasteiger partial charge in [-0.3, -0.25) is 0 Å². The number of hydrogen-bond acceptors (Lipinski definition) is 2. The van der Waals surface area contributed by atoms with Crippen molar-refractivity contribution in [1.82, 2.24) is 0 Å². The van der Waals surface area contributed by atoms with Crippen molar-refractivity contribution >= 4 is 23.3 Å². The van der Waals surface area contributed by atoms with Gasteiger partial charge in [-0.05, 0) is 25.0 Å². The Kier molecular flexibility index (Phi) is 2.93. The van der Waals surface area contributed by atoms with Gasteiger partial charge in [0.2, 0.25) is 0 Å². The summed E-state index contributed by atoms with van der Waals surface area (Å²) < 4.78 is 38.3. The fraction of sp³-hybridized carbons (Fsp3) is 0.364. The molecule has 1 aliphatic carbocycles. The van der Waals surface area contributed by atoms with Crippen molar-refractivity contribution in [3.63, 3.8) is 0 Å². The highest BCUT2D eigenvalue weighted by Gasteiger charge is 2.63. The second-order valence-electron chi connectivity index (χ2n) is 4.17. The number of hydrogen-bond donors (Lipinski definition) is 2. The Morgan fingerprint density at radius 2 is 2.00 bits per heavy atom. The third kappa shape index (κ3) is 2.12. The summed E-state index contributed by atoms with van der Waals surface area (Å²) in [4.78, 5) is 11.0. The van der Waals surface area contributed by atoms with Crippen LogP contribution in [0.1, 0.15) is 23.2 Å². The van der Waals surface area contributed by atoms with E-state index in [0.717, 1.165) is 0 Å². The van der Waals surface area contributed by atoms with Crippen LogP contribution in [0.15, 0.2) is 18.2 Å². The van der Waals surface area contributed by atoms with Crippen molar-refractivity contribution in [3.8, 4) is 0 Å². The van der Waals surface area contributed by atoms with Gasteiger partial charge in [0.1, 0.15) is 11.1 Å². The van der Waals surface area contributed by atoms with Gasteiger partial charge in [0.25, 0.3) is 0 Å². The fourth-order valence-corrected chi connectivity index (χ4v) is 1.96. The van der Waals surface area contributed by atoms with Gasteiger partial charge in [0, 0.05) is 0 Å². The molecule has 2 N–H and O–H groups in total. The lowest BCUT2D eigenvalue weighted by Gasteiger charge is -2.23. The lowest BCUT2D eigenvalue weighted by Crippen LogP contribution is -2.39. The van der Waals surface area contributed by atoms with E-state index in [4.69, 9.17) is 16.7 Å². The van der Waals surface area contributed by atoms with E-state index < -0.39 is 17.7 Å². The van der Waals surface area contributed by atoms with Gasteiger partial charge in [-0.1, -0.05) is 17.7 Å². The second kappa shape index (κ2) is 4.05. The molecule has 1 fully saturated rings. The number of carbonyl (C=O) groups is 1. The maximum absolute atomic E-state index is 12.8. The summed E-state index contributed by atoms with van der Waals surface area (Å²) in [5.74, 6) is -1.36. The molecule has 0 saturated heterocycles. The van der Waals surface area contributed by atoms with E-state index in [0.29, 0.717) is 0 Å². The van der Waals surface area contributed by atoms with Crippen LogP contribution in [0.3, 0.4) is 0 Å². The maximum atomic E-state index is 12.8. The highest BCUT2D eigenvalue weighted by Crippen LogP contribution is 2.51. The third-order valence-corrected chi connectivity index (χ3v) is 3.21. The van der Waals surface area contributed by atoms with E-state index >= 15 is 0 Å². The van der Waals surface area contributed by atoms with E-state index in [-0.39, 0.29) is 29.1 Å².